The van der Waals surface area contributed by atoms with Crippen molar-refractivity contribution in [1.82, 2.24) is 0 Å². The number of ether oxygens (including phenoxy) is 2. The van der Waals surface area contributed by atoms with Crippen LogP contribution in [0.25, 0.3) is 0 Å². The van der Waals surface area contributed by atoms with E-state index >= 15 is 0 Å². The monoisotopic (exact) mass is 233 g/mol. The lowest BCUT2D eigenvalue weighted by Gasteiger charge is -2.23. The first-order valence-corrected chi connectivity index (χ1v) is 6.62. The van der Waals surface area contributed by atoms with E-state index in [1.807, 2.05) is 18.2 Å². The standard InChI is InChI=1S/C15H21O2/c1-2-3-11-16-14-9-5-4-8-13(14)15-10-6-7-12-17-15/h4-5,8-9H,2-3,6-7,10-12H2,1H3. The molecule has 0 saturated carbocycles. The van der Waals surface area contributed by atoms with E-state index in [0.717, 1.165) is 49.9 Å². The van der Waals surface area contributed by atoms with E-state index in [9.17, 15) is 0 Å². The largest absolute Gasteiger partial charge is 0.493 e. The number of benzene rings is 1. The fourth-order valence-corrected chi connectivity index (χ4v) is 2.02. The van der Waals surface area contributed by atoms with Crippen LogP contribution in [0.2, 0.25) is 0 Å². The predicted molar refractivity (Wildman–Crippen MR) is 69.0 cm³/mol. The summed E-state index contributed by atoms with van der Waals surface area (Å²) in [6.07, 6.45) is 6.79. The van der Waals surface area contributed by atoms with Gasteiger partial charge < -0.3 is 9.47 Å². The van der Waals surface area contributed by atoms with Crippen LogP contribution in [0, 0.1) is 6.10 Å². The Morgan fingerprint density at radius 2 is 2.12 bits per heavy atom. The molecule has 0 N–H and O–H groups in total. The van der Waals surface area contributed by atoms with E-state index < -0.39 is 0 Å². The van der Waals surface area contributed by atoms with Gasteiger partial charge in [0.1, 0.15) is 11.9 Å². The molecular weight excluding hydrogens is 212 g/mol. The fraction of sp³-hybridized carbons (Fsp3) is 0.533. The lowest BCUT2D eigenvalue weighted by atomic mass is 10.0. The van der Waals surface area contributed by atoms with Gasteiger partial charge in [-0.25, -0.2) is 0 Å². The highest BCUT2D eigenvalue weighted by Crippen LogP contribution is 2.33. The Hall–Kier alpha value is -1.02. The van der Waals surface area contributed by atoms with Crippen LogP contribution in [0.1, 0.15) is 44.6 Å². The van der Waals surface area contributed by atoms with Crippen molar-refractivity contribution in [3.05, 3.63) is 35.9 Å². The molecule has 0 unspecified atom stereocenters. The fourth-order valence-electron chi connectivity index (χ4n) is 2.02. The van der Waals surface area contributed by atoms with Gasteiger partial charge in [-0.05, 0) is 31.7 Å². The van der Waals surface area contributed by atoms with E-state index in [-0.39, 0.29) is 0 Å². The maximum atomic E-state index is 5.83. The molecule has 1 aromatic carbocycles. The summed E-state index contributed by atoms with van der Waals surface area (Å²) >= 11 is 0. The Balaban J connectivity index is 2.03. The first-order chi connectivity index (χ1) is 8.42. The van der Waals surface area contributed by atoms with Crippen molar-refractivity contribution in [2.45, 2.75) is 39.0 Å². The molecular formula is C15H21O2. The number of para-hydroxylation sites is 1. The number of hydrogen-bond donors (Lipinski definition) is 0. The zero-order chi connectivity index (χ0) is 11.9. The summed E-state index contributed by atoms with van der Waals surface area (Å²) in [5, 5.41) is 0. The third kappa shape index (κ3) is 3.47. The third-order valence-electron chi connectivity index (χ3n) is 3.02. The van der Waals surface area contributed by atoms with E-state index in [1.165, 1.54) is 12.8 Å². The van der Waals surface area contributed by atoms with Crippen LogP contribution in [-0.4, -0.2) is 13.2 Å². The molecule has 1 aliphatic heterocycles. The summed E-state index contributed by atoms with van der Waals surface area (Å²) in [5.41, 5.74) is 1.14. The molecule has 1 heterocycles. The molecule has 17 heavy (non-hydrogen) atoms. The Morgan fingerprint density at radius 3 is 2.88 bits per heavy atom. The van der Waals surface area contributed by atoms with E-state index in [1.54, 1.807) is 0 Å². The minimum absolute atomic E-state index is 0.792. The maximum Gasteiger partial charge on any atom is 0.130 e. The number of rotatable bonds is 5. The van der Waals surface area contributed by atoms with Gasteiger partial charge in [0.15, 0.2) is 0 Å². The van der Waals surface area contributed by atoms with Crippen molar-refractivity contribution in [3.8, 4) is 5.75 Å². The Kier molecular flexibility index (Phi) is 4.87. The van der Waals surface area contributed by atoms with Gasteiger partial charge in [-0.3, -0.25) is 0 Å². The van der Waals surface area contributed by atoms with E-state index in [2.05, 4.69) is 13.0 Å². The highest BCUT2D eigenvalue weighted by atomic mass is 16.5. The molecule has 0 atom stereocenters. The maximum absolute atomic E-state index is 5.83. The Morgan fingerprint density at radius 1 is 1.24 bits per heavy atom. The van der Waals surface area contributed by atoms with E-state index in [4.69, 9.17) is 9.47 Å². The van der Waals surface area contributed by atoms with Crippen LogP contribution in [0.3, 0.4) is 0 Å². The summed E-state index contributed by atoms with van der Waals surface area (Å²) in [5.74, 6) is 0.970. The summed E-state index contributed by atoms with van der Waals surface area (Å²) in [6.45, 7) is 3.81. The van der Waals surface area contributed by atoms with Crippen molar-refractivity contribution in [1.29, 1.82) is 0 Å². The molecule has 93 valence electrons. The number of unbranched alkanes of at least 4 members (excludes halogenated alkanes) is 1. The lowest BCUT2D eigenvalue weighted by Crippen LogP contribution is -2.13. The summed E-state index contributed by atoms with van der Waals surface area (Å²) in [6, 6.07) is 8.21. The van der Waals surface area contributed by atoms with Gasteiger partial charge in [-0.2, -0.15) is 0 Å². The average Bonchev–Trinajstić information content (AvgIpc) is 2.41. The minimum Gasteiger partial charge on any atom is -0.493 e. The number of hydrogen-bond acceptors (Lipinski definition) is 2. The highest BCUT2D eigenvalue weighted by molar-refractivity contribution is 5.41. The second kappa shape index (κ2) is 6.65. The SMILES string of the molecule is CCCCOc1ccccc1[C]1CCCCO1. The summed E-state index contributed by atoms with van der Waals surface area (Å²) in [4.78, 5) is 0. The molecule has 0 aromatic heterocycles. The molecule has 0 amide bonds. The van der Waals surface area contributed by atoms with Gasteiger partial charge in [0.2, 0.25) is 0 Å². The van der Waals surface area contributed by atoms with Crippen LogP contribution >= 0.6 is 0 Å². The van der Waals surface area contributed by atoms with Gasteiger partial charge in [0.05, 0.1) is 6.61 Å². The zero-order valence-corrected chi connectivity index (χ0v) is 10.6. The lowest BCUT2D eigenvalue weighted by molar-refractivity contribution is 0.115. The van der Waals surface area contributed by atoms with Crippen molar-refractivity contribution in [2.75, 3.05) is 13.2 Å². The highest BCUT2D eigenvalue weighted by Gasteiger charge is 2.20. The van der Waals surface area contributed by atoms with Crippen LogP contribution < -0.4 is 4.74 Å². The van der Waals surface area contributed by atoms with Crippen LogP contribution in [0.15, 0.2) is 24.3 Å². The van der Waals surface area contributed by atoms with Crippen molar-refractivity contribution in [3.63, 3.8) is 0 Å². The molecule has 0 aliphatic carbocycles. The molecule has 0 spiro atoms. The van der Waals surface area contributed by atoms with Crippen molar-refractivity contribution < 1.29 is 9.47 Å². The first kappa shape index (κ1) is 12.4. The average molecular weight is 233 g/mol. The van der Waals surface area contributed by atoms with Crippen LogP contribution in [0.5, 0.6) is 5.75 Å². The van der Waals surface area contributed by atoms with Gasteiger partial charge in [0.25, 0.3) is 0 Å². The quantitative estimate of drug-likeness (QED) is 0.717. The smallest absolute Gasteiger partial charge is 0.130 e. The van der Waals surface area contributed by atoms with Gasteiger partial charge >= 0.3 is 0 Å². The van der Waals surface area contributed by atoms with Crippen LogP contribution in [-0.2, 0) is 4.74 Å². The molecule has 1 radical (unpaired) electrons. The first-order valence-electron chi connectivity index (χ1n) is 6.62. The van der Waals surface area contributed by atoms with Gasteiger partial charge in [-0.15, -0.1) is 0 Å². The second-order valence-electron chi connectivity index (χ2n) is 4.43. The molecule has 1 aliphatic rings. The predicted octanol–water partition coefficient (Wildman–Crippen LogP) is 3.95. The second-order valence-corrected chi connectivity index (χ2v) is 4.43. The zero-order valence-electron chi connectivity index (χ0n) is 10.6. The normalized spacial score (nSPS) is 17.0. The molecule has 1 aromatic rings. The molecule has 0 bridgehead atoms. The topological polar surface area (TPSA) is 18.5 Å². The van der Waals surface area contributed by atoms with E-state index in [0.29, 0.717) is 0 Å². The molecule has 2 heteroatoms. The summed E-state index contributed by atoms with van der Waals surface area (Å²) in [7, 11) is 0. The van der Waals surface area contributed by atoms with Crippen LogP contribution in [0.4, 0.5) is 0 Å². The van der Waals surface area contributed by atoms with Crippen molar-refractivity contribution >= 4 is 0 Å². The third-order valence-corrected chi connectivity index (χ3v) is 3.02. The molecule has 2 nitrogen and oxygen atoms in total. The molecule has 2 rings (SSSR count). The molecule has 1 saturated heterocycles. The Labute approximate surface area is 104 Å². The van der Waals surface area contributed by atoms with Gasteiger partial charge in [-0.1, -0.05) is 31.5 Å². The summed E-state index contributed by atoms with van der Waals surface area (Å²) < 4.78 is 11.6. The Bertz CT molecular complexity index is 329. The van der Waals surface area contributed by atoms with Gasteiger partial charge in [0, 0.05) is 12.2 Å². The van der Waals surface area contributed by atoms with Crippen molar-refractivity contribution in [2.24, 2.45) is 0 Å². The minimum atomic E-state index is 0.792. The molecule has 1 fully saturated rings.